The molecule has 5 nitrogen and oxygen atoms in total. The molecule has 1 aromatic carbocycles. The van der Waals surface area contributed by atoms with Crippen LogP contribution < -0.4 is 10.6 Å². The summed E-state index contributed by atoms with van der Waals surface area (Å²) in [6.07, 6.45) is -0.0328. The molecule has 3 N–H and O–H groups in total. The van der Waals surface area contributed by atoms with Gasteiger partial charge in [0.1, 0.15) is 0 Å². The van der Waals surface area contributed by atoms with Gasteiger partial charge in [0.05, 0.1) is 18.8 Å². The summed E-state index contributed by atoms with van der Waals surface area (Å²) >= 11 is 0. The Kier molecular flexibility index (Phi) is 6.18. The van der Waals surface area contributed by atoms with E-state index in [1.165, 1.54) is 0 Å². The van der Waals surface area contributed by atoms with E-state index in [-0.39, 0.29) is 30.2 Å². The molecule has 0 bridgehead atoms. The molecule has 118 valence electrons. The maximum absolute atomic E-state index is 12.0. The van der Waals surface area contributed by atoms with Gasteiger partial charge >= 0.3 is 6.03 Å². The summed E-state index contributed by atoms with van der Waals surface area (Å²) in [6.45, 7) is 7.75. The molecular formula is C16H26N2O3. The van der Waals surface area contributed by atoms with Crippen LogP contribution in [0.3, 0.4) is 0 Å². The number of benzene rings is 1. The molecule has 0 spiro atoms. The number of methoxy groups -OCH3 is 1. The number of urea groups is 1. The monoisotopic (exact) mass is 294 g/mol. The van der Waals surface area contributed by atoms with Crippen LogP contribution in [0.25, 0.3) is 0 Å². The normalized spacial score (nSPS) is 14.4. The number of nitrogens with one attached hydrogen (secondary N) is 2. The minimum Gasteiger partial charge on any atom is -0.394 e. The van der Waals surface area contributed by atoms with Crippen LogP contribution in [0.4, 0.5) is 10.5 Å². The van der Waals surface area contributed by atoms with Gasteiger partial charge in [-0.25, -0.2) is 4.79 Å². The Morgan fingerprint density at radius 3 is 2.57 bits per heavy atom. The summed E-state index contributed by atoms with van der Waals surface area (Å²) in [5.41, 5.74) is 1.47. The summed E-state index contributed by atoms with van der Waals surface area (Å²) in [6, 6.07) is 6.87. The van der Waals surface area contributed by atoms with Gasteiger partial charge in [-0.3, -0.25) is 0 Å². The molecule has 2 amide bonds. The molecule has 1 aromatic rings. The van der Waals surface area contributed by atoms with E-state index in [4.69, 9.17) is 4.74 Å². The zero-order chi connectivity index (χ0) is 16.0. The number of carbonyl (C=O) groups is 1. The fourth-order valence-electron chi connectivity index (χ4n) is 1.87. The highest BCUT2D eigenvalue weighted by atomic mass is 16.5. The van der Waals surface area contributed by atoms with Crippen molar-refractivity contribution in [3.05, 3.63) is 29.8 Å². The molecule has 0 aliphatic carbocycles. The number of hydrogen-bond donors (Lipinski definition) is 3. The number of anilines is 1. The molecule has 21 heavy (non-hydrogen) atoms. The van der Waals surface area contributed by atoms with Gasteiger partial charge in [-0.2, -0.15) is 0 Å². The number of aliphatic hydroxyl groups is 1. The van der Waals surface area contributed by atoms with E-state index < -0.39 is 0 Å². The zero-order valence-corrected chi connectivity index (χ0v) is 13.4. The first-order valence-corrected chi connectivity index (χ1v) is 7.09. The molecule has 0 saturated heterocycles. The van der Waals surface area contributed by atoms with Crippen LogP contribution in [-0.4, -0.2) is 30.9 Å². The molecule has 5 heteroatoms. The standard InChI is InChI=1S/C16H26N2O3/c1-11(21-5)12-7-6-8-13(9-12)17-15(20)18-14(10-19)16(2,3)4/h6-9,11,14,19H,10H2,1-5H3,(H2,17,18,20)/t11?,14-/m1/s1. The molecule has 0 saturated carbocycles. The predicted octanol–water partition coefficient (Wildman–Crippen LogP) is 2.92. The largest absolute Gasteiger partial charge is 0.394 e. The number of aliphatic hydroxyl groups excluding tert-OH is 1. The Labute approximate surface area is 126 Å². The van der Waals surface area contributed by atoms with Crippen molar-refractivity contribution in [3.63, 3.8) is 0 Å². The second kappa shape index (κ2) is 7.43. The van der Waals surface area contributed by atoms with E-state index in [2.05, 4.69) is 10.6 Å². The van der Waals surface area contributed by atoms with Crippen LogP contribution in [0.5, 0.6) is 0 Å². The zero-order valence-electron chi connectivity index (χ0n) is 13.4. The van der Waals surface area contributed by atoms with E-state index in [1.807, 2.05) is 52.0 Å². The lowest BCUT2D eigenvalue weighted by atomic mass is 9.87. The van der Waals surface area contributed by atoms with Gasteiger partial charge in [0.15, 0.2) is 0 Å². The number of ether oxygens (including phenoxy) is 1. The highest BCUT2D eigenvalue weighted by molar-refractivity contribution is 5.89. The fraction of sp³-hybridized carbons (Fsp3) is 0.562. The molecule has 1 rings (SSSR count). The lowest BCUT2D eigenvalue weighted by Crippen LogP contribution is -2.47. The maximum Gasteiger partial charge on any atom is 0.319 e. The number of rotatable bonds is 5. The molecule has 2 atom stereocenters. The van der Waals surface area contributed by atoms with Crippen LogP contribution >= 0.6 is 0 Å². The summed E-state index contributed by atoms with van der Waals surface area (Å²) in [5, 5.41) is 14.9. The molecule has 0 heterocycles. The van der Waals surface area contributed by atoms with Crippen LogP contribution in [-0.2, 0) is 4.74 Å². The minimum atomic E-state index is -0.328. The first-order valence-electron chi connectivity index (χ1n) is 7.09. The van der Waals surface area contributed by atoms with Gasteiger partial charge in [-0.1, -0.05) is 32.9 Å². The molecule has 0 fully saturated rings. The SMILES string of the molecule is COC(C)c1cccc(NC(=O)N[C@H](CO)C(C)(C)C)c1. The van der Waals surface area contributed by atoms with E-state index in [0.29, 0.717) is 5.69 Å². The van der Waals surface area contributed by atoms with E-state index >= 15 is 0 Å². The predicted molar refractivity (Wildman–Crippen MR) is 84.3 cm³/mol. The maximum atomic E-state index is 12.0. The van der Waals surface area contributed by atoms with Crippen LogP contribution in [0.1, 0.15) is 39.4 Å². The van der Waals surface area contributed by atoms with Crippen molar-refractivity contribution in [2.75, 3.05) is 19.0 Å². The van der Waals surface area contributed by atoms with Crippen molar-refractivity contribution < 1.29 is 14.6 Å². The summed E-state index contributed by atoms with van der Waals surface area (Å²) in [5.74, 6) is 0. The van der Waals surface area contributed by atoms with Crippen molar-refractivity contribution >= 4 is 11.7 Å². The Balaban J connectivity index is 2.71. The Bertz CT molecular complexity index is 469. The molecule has 0 aliphatic heterocycles. The van der Waals surface area contributed by atoms with Gasteiger partial charge in [0.2, 0.25) is 0 Å². The highest BCUT2D eigenvalue weighted by Gasteiger charge is 2.25. The number of carbonyl (C=O) groups excluding carboxylic acids is 1. The first-order chi connectivity index (χ1) is 9.77. The lowest BCUT2D eigenvalue weighted by molar-refractivity contribution is 0.119. The average Bonchev–Trinajstić information content (AvgIpc) is 2.42. The van der Waals surface area contributed by atoms with Crippen LogP contribution in [0.2, 0.25) is 0 Å². The van der Waals surface area contributed by atoms with E-state index in [9.17, 15) is 9.90 Å². The van der Waals surface area contributed by atoms with Crippen LogP contribution in [0.15, 0.2) is 24.3 Å². The van der Waals surface area contributed by atoms with Crippen molar-refractivity contribution in [2.24, 2.45) is 5.41 Å². The summed E-state index contributed by atoms with van der Waals surface area (Å²) in [7, 11) is 1.65. The van der Waals surface area contributed by atoms with Gasteiger partial charge in [0, 0.05) is 12.8 Å². The van der Waals surface area contributed by atoms with Crippen molar-refractivity contribution in [1.29, 1.82) is 0 Å². The number of amides is 2. The Hall–Kier alpha value is -1.59. The summed E-state index contributed by atoms with van der Waals surface area (Å²) in [4.78, 5) is 12.0. The van der Waals surface area contributed by atoms with Crippen molar-refractivity contribution in [3.8, 4) is 0 Å². The Morgan fingerprint density at radius 2 is 2.05 bits per heavy atom. The third-order valence-corrected chi connectivity index (χ3v) is 3.50. The smallest absolute Gasteiger partial charge is 0.319 e. The third kappa shape index (κ3) is 5.36. The molecule has 0 aliphatic rings. The average molecular weight is 294 g/mol. The van der Waals surface area contributed by atoms with Gasteiger partial charge in [0.25, 0.3) is 0 Å². The van der Waals surface area contributed by atoms with Crippen molar-refractivity contribution in [1.82, 2.24) is 5.32 Å². The van der Waals surface area contributed by atoms with Crippen LogP contribution in [0, 0.1) is 5.41 Å². The van der Waals surface area contributed by atoms with E-state index in [0.717, 1.165) is 5.56 Å². The Morgan fingerprint density at radius 1 is 1.38 bits per heavy atom. The summed E-state index contributed by atoms with van der Waals surface area (Å²) < 4.78 is 5.26. The highest BCUT2D eigenvalue weighted by Crippen LogP contribution is 2.21. The molecule has 0 aromatic heterocycles. The van der Waals surface area contributed by atoms with Gasteiger partial charge in [-0.15, -0.1) is 0 Å². The lowest BCUT2D eigenvalue weighted by Gasteiger charge is -2.29. The second-order valence-corrected chi connectivity index (χ2v) is 6.20. The third-order valence-electron chi connectivity index (χ3n) is 3.50. The van der Waals surface area contributed by atoms with Crippen molar-refractivity contribution in [2.45, 2.75) is 39.8 Å². The fourth-order valence-corrected chi connectivity index (χ4v) is 1.87. The molecule has 0 radical (unpaired) electrons. The first kappa shape index (κ1) is 17.5. The molecular weight excluding hydrogens is 268 g/mol. The minimum absolute atomic E-state index is 0.0328. The van der Waals surface area contributed by atoms with E-state index in [1.54, 1.807) is 7.11 Å². The van der Waals surface area contributed by atoms with Gasteiger partial charge < -0.3 is 20.5 Å². The second-order valence-electron chi connectivity index (χ2n) is 6.20. The topological polar surface area (TPSA) is 70.6 Å². The number of hydrogen-bond acceptors (Lipinski definition) is 3. The van der Waals surface area contributed by atoms with Gasteiger partial charge in [-0.05, 0) is 30.0 Å². The molecule has 1 unspecified atom stereocenters. The quantitative estimate of drug-likeness (QED) is 0.782.